The van der Waals surface area contributed by atoms with E-state index in [2.05, 4.69) is 56.9 Å². The summed E-state index contributed by atoms with van der Waals surface area (Å²) >= 11 is 0. The molecule has 0 spiro atoms. The number of amides is 1. The van der Waals surface area contributed by atoms with Crippen LogP contribution in [0.3, 0.4) is 0 Å². The molecule has 2 aromatic carbocycles. The van der Waals surface area contributed by atoms with E-state index in [0.29, 0.717) is 24.0 Å². The highest BCUT2D eigenvalue weighted by Crippen LogP contribution is 2.39. The Bertz CT molecular complexity index is 1410. The summed E-state index contributed by atoms with van der Waals surface area (Å²) in [6, 6.07) is 13.7. The molecule has 0 unspecified atom stereocenters. The molecule has 0 fully saturated rings. The van der Waals surface area contributed by atoms with E-state index < -0.39 is 32.3 Å². The number of nitrogens with zero attached hydrogens (tertiary/aromatic N) is 3. The number of hydrogen-bond donors (Lipinski definition) is 0. The zero-order valence-electron chi connectivity index (χ0n) is 25.8. The van der Waals surface area contributed by atoms with Crippen LogP contribution in [-0.2, 0) is 20.4 Å². The molecule has 2 aromatic rings. The number of fused-ring (bicyclic) bond motifs is 1. The number of rotatable bonds is 7. The number of hydrogen-bond acceptors (Lipinski definition) is 6. The molecule has 1 amide bonds. The molecule has 0 radical (unpaired) electrons. The van der Waals surface area contributed by atoms with E-state index in [-0.39, 0.29) is 34.8 Å². The lowest BCUT2D eigenvalue weighted by Crippen LogP contribution is -2.46. The van der Waals surface area contributed by atoms with Crippen LogP contribution in [0.1, 0.15) is 73.2 Å². The van der Waals surface area contributed by atoms with Gasteiger partial charge in [0.05, 0.1) is 11.7 Å². The number of allylic oxidation sites excluding steroid dienone is 2. The van der Waals surface area contributed by atoms with Gasteiger partial charge in [0.15, 0.2) is 8.32 Å². The first-order chi connectivity index (χ1) is 20.3. The smallest absolute Gasteiger partial charge is 0.343 e. The Labute approximate surface area is 254 Å². The minimum Gasteiger partial charge on any atom is -0.458 e. The van der Waals surface area contributed by atoms with E-state index in [9.17, 15) is 14.4 Å². The van der Waals surface area contributed by atoms with Crippen molar-refractivity contribution < 1.29 is 28.3 Å². The third-order valence-corrected chi connectivity index (χ3v) is 12.5. The Balaban J connectivity index is 2.01. The minimum atomic E-state index is -2.20. The first-order valence-electron chi connectivity index (χ1n) is 14.5. The molecule has 1 aliphatic heterocycles. The molecule has 1 heterocycles. The predicted octanol–water partition coefficient (Wildman–Crippen LogP) is 8.13. The molecule has 228 valence electrons. The Morgan fingerprint density at radius 2 is 1.84 bits per heavy atom. The number of carbonyl (C=O) groups excluding carboxylic acids is 3. The molecule has 0 aromatic heterocycles. The molecule has 3 atom stereocenters. The Morgan fingerprint density at radius 1 is 1.12 bits per heavy atom. The van der Waals surface area contributed by atoms with Gasteiger partial charge in [0.25, 0.3) is 0 Å². The summed E-state index contributed by atoms with van der Waals surface area (Å²) < 4.78 is 18.7. The summed E-state index contributed by atoms with van der Waals surface area (Å²) in [7, 11) is -2.20. The van der Waals surface area contributed by atoms with Crippen molar-refractivity contribution in [1.82, 2.24) is 0 Å². The maximum absolute atomic E-state index is 13.9. The van der Waals surface area contributed by atoms with E-state index in [1.54, 1.807) is 42.5 Å². The van der Waals surface area contributed by atoms with E-state index in [0.717, 1.165) is 6.42 Å². The maximum atomic E-state index is 13.9. The fraction of sp³-hybridized carbons (Fsp3) is 0.424. The monoisotopic (exact) mass is 603 g/mol. The standard InChI is InChI=1S/C33H41N3O6Si/c1-23-14-10-11-15-24-18-12-20-27(41-31(38)25-16-8-7-9-17-25)30(24)32(39)40-26(19-13-21-29(37)35-36-34)22-28(23)42-43(5,6)33(2,3)4/h7-13,16-18,20-21,23,26,28H,14-15,19,22H2,1-6H3/b11-10+,21-13+/t23-,26-,28+/m0/s1. The first-order valence-corrected chi connectivity index (χ1v) is 17.4. The van der Waals surface area contributed by atoms with Crippen LogP contribution in [-0.4, -0.2) is 38.4 Å². The first kappa shape index (κ1) is 33.5. The van der Waals surface area contributed by atoms with Gasteiger partial charge in [0.1, 0.15) is 17.4 Å². The quantitative estimate of drug-likeness (QED) is 0.0459. The molecule has 43 heavy (non-hydrogen) atoms. The minimum absolute atomic E-state index is 0.0312. The van der Waals surface area contributed by atoms with Crippen LogP contribution in [0.5, 0.6) is 5.75 Å². The van der Waals surface area contributed by atoms with Crippen LogP contribution >= 0.6 is 0 Å². The van der Waals surface area contributed by atoms with Crippen molar-refractivity contribution in [3.63, 3.8) is 0 Å². The molecular formula is C33H41N3O6Si. The largest absolute Gasteiger partial charge is 0.458 e. The average molecular weight is 604 g/mol. The average Bonchev–Trinajstić information content (AvgIpc) is 2.94. The van der Waals surface area contributed by atoms with E-state index >= 15 is 0 Å². The number of ether oxygens (including phenoxy) is 2. The van der Waals surface area contributed by atoms with Crippen molar-refractivity contribution in [3.8, 4) is 5.75 Å². The summed E-state index contributed by atoms with van der Waals surface area (Å²) in [5.41, 5.74) is 9.76. The Morgan fingerprint density at radius 3 is 2.51 bits per heavy atom. The van der Waals surface area contributed by atoms with Gasteiger partial charge in [-0.3, -0.25) is 4.79 Å². The highest BCUT2D eigenvalue weighted by atomic mass is 28.4. The molecule has 10 heteroatoms. The molecule has 0 N–H and O–H groups in total. The van der Waals surface area contributed by atoms with Gasteiger partial charge >= 0.3 is 11.9 Å². The number of cyclic esters (lactones) is 1. The normalized spacial score (nSPS) is 20.5. The van der Waals surface area contributed by atoms with Gasteiger partial charge in [-0.25, -0.2) is 9.59 Å². The summed E-state index contributed by atoms with van der Waals surface area (Å²) in [5, 5.41) is 3.04. The molecule has 9 nitrogen and oxygen atoms in total. The third-order valence-electron chi connectivity index (χ3n) is 8.00. The lowest BCUT2D eigenvalue weighted by Gasteiger charge is -2.41. The van der Waals surface area contributed by atoms with Crippen molar-refractivity contribution in [2.24, 2.45) is 11.0 Å². The predicted molar refractivity (Wildman–Crippen MR) is 168 cm³/mol. The van der Waals surface area contributed by atoms with Crippen LogP contribution in [0.2, 0.25) is 18.1 Å². The number of carbonyl (C=O) groups is 3. The topological polar surface area (TPSA) is 128 Å². The molecule has 0 aliphatic carbocycles. The Kier molecular flexibility index (Phi) is 11.7. The molecular weight excluding hydrogens is 562 g/mol. The van der Waals surface area contributed by atoms with Gasteiger partial charge in [-0.05, 0) is 77.4 Å². The highest BCUT2D eigenvalue weighted by Gasteiger charge is 2.41. The molecule has 3 rings (SSSR count). The second-order valence-corrected chi connectivity index (χ2v) is 17.0. The van der Waals surface area contributed by atoms with Crippen molar-refractivity contribution in [2.75, 3.05) is 0 Å². The molecule has 1 aliphatic rings. The van der Waals surface area contributed by atoms with Gasteiger partial charge in [0.2, 0.25) is 5.91 Å². The van der Waals surface area contributed by atoms with Crippen LogP contribution < -0.4 is 4.74 Å². The number of azide groups is 1. The summed E-state index contributed by atoms with van der Waals surface area (Å²) in [6.07, 6.45) is 7.68. The van der Waals surface area contributed by atoms with Crippen molar-refractivity contribution in [3.05, 3.63) is 100.0 Å². The van der Waals surface area contributed by atoms with Crippen molar-refractivity contribution >= 4 is 26.2 Å². The lowest BCUT2D eigenvalue weighted by molar-refractivity contribution is -0.113. The van der Waals surface area contributed by atoms with Crippen LogP contribution in [0.15, 0.2) is 77.9 Å². The van der Waals surface area contributed by atoms with Gasteiger partial charge < -0.3 is 13.9 Å². The number of esters is 2. The van der Waals surface area contributed by atoms with Crippen LogP contribution in [0.25, 0.3) is 10.4 Å². The lowest BCUT2D eigenvalue weighted by atomic mass is 9.93. The number of benzene rings is 2. The summed E-state index contributed by atoms with van der Waals surface area (Å²) in [5.74, 6) is -1.74. The molecule has 0 saturated carbocycles. The van der Waals surface area contributed by atoms with Gasteiger partial charge in [-0.1, -0.05) is 76.3 Å². The second kappa shape index (κ2) is 15.0. The highest BCUT2D eigenvalue weighted by molar-refractivity contribution is 6.74. The summed E-state index contributed by atoms with van der Waals surface area (Å²) in [6.45, 7) is 13.0. The zero-order valence-corrected chi connectivity index (χ0v) is 26.8. The maximum Gasteiger partial charge on any atom is 0.343 e. The van der Waals surface area contributed by atoms with Crippen molar-refractivity contribution in [2.45, 2.75) is 83.7 Å². The van der Waals surface area contributed by atoms with Gasteiger partial charge in [0, 0.05) is 17.8 Å². The molecule has 0 saturated heterocycles. The fourth-order valence-corrected chi connectivity index (χ4v) is 5.92. The third kappa shape index (κ3) is 9.51. The van der Waals surface area contributed by atoms with Gasteiger partial charge in [-0.15, -0.1) is 0 Å². The van der Waals surface area contributed by atoms with Gasteiger partial charge in [-0.2, -0.15) is 0 Å². The SMILES string of the molecule is C[C@H]1C/C=C/Cc2cccc(OC(=O)c3ccccc3)c2C(=O)O[C@@H](C/C=C/C(=O)N=[N+]=[N-])C[C@H]1O[Si](C)(C)C(C)(C)C. The fourth-order valence-electron chi connectivity index (χ4n) is 4.48. The zero-order chi connectivity index (χ0) is 31.6. The molecule has 0 bridgehead atoms. The van der Waals surface area contributed by atoms with E-state index in [1.165, 1.54) is 12.2 Å². The van der Waals surface area contributed by atoms with Crippen LogP contribution in [0.4, 0.5) is 0 Å². The summed E-state index contributed by atoms with van der Waals surface area (Å²) in [4.78, 5) is 41.1. The van der Waals surface area contributed by atoms with Crippen molar-refractivity contribution in [1.29, 1.82) is 0 Å². The Hall–Kier alpha value is -3.98. The van der Waals surface area contributed by atoms with E-state index in [1.807, 2.05) is 12.1 Å². The van der Waals surface area contributed by atoms with Crippen LogP contribution in [0, 0.1) is 5.92 Å². The van der Waals surface area contributed by atoms with E-state index in [4.69, 9.17) is 19.4 Å². The second-order valence-electron chi connectivity index (χ2n) is 12.3.